The second kappa shape index (κ2) is 5.45. The summed E-state index contributed by atoms with van der Waals surface area (Å²) in [6.45, 7) is 5.57. The van der Waals surface area contributed by atoms with Crippen LogP contribution >= 0.6 is 0 Å². The van der Waals surface area contributed by atoms with Crippen LogP contribution < -0.4 is 0 Å². The summed E-state index contributed by atoms with van der Waals surface area (Å²) in [5.74, 6) is -0.609. The highest BCUT2D eigenvalue weighted by Gasteiger charge is 2.16. The van der Waals surface area contributed by atoms with Crippen LogP contribution in [-0.2, 0) is 16.1 Å². The van der Waals surface area contributed by atoms with E-state index in [9.17, 15) is 9.18 Å². The Labute approximate surface area is 117 Å². The number of nitrogens with zero attached hydrogens (tertiary/aromatic N) is 2. The van der Waals surface area contributed by atoms with Crippen LogP contribution in [0.2, 0.25) is 0 Å². The summed E-state index contributed by atoms with van der Waals surface area (Å²) in [5, 5.41) is 0. The molecule has 0 spiro atoms. The topological polar surface area (TPSA) is 44.1 Å². The van der Waals surface area contributed by atoms with Crippen LogP contribution in [0.25, 0.3) is 11.3 Å². The molecule has 0 N–H and O–H groups in total. The summed E-state index contributed by atoms with van der Waals surface area (Å²) in [6, 6.07) is 6.05. The molecular weight excluding hydrogens is 259 g/mol. The van der Waals surface area contributed by atoms with Gasteiger partial charge in [-0.25, -0.2) is 9.37 Å². The Balaban J connectivity index is 2.06. The number of hydrogen-bond donors (Lipinski definition) is 0. The number of carbonyl (C=O) groups is 1. The zero-order chi connectivity index (χ0) is 14.8. The van der Waals surface area contributed by atoms with E-state index in [1.165, 1.54) is 12.1 Å². The highest BCUT2D eigenvalue weighted by Crippen LogP contribution is 2.17. The lowest BCUT2D eigenvalue weighted by Gasteiger charge is -2.19. The maximum atomic E-state index is 12.9. The Kier molecular flexibility index (Phi) is 3.88. The van der Waals surface area contributed by atoms with E-state index in [4.69, 9.17) is 4.74 Å². The van der Waals surface area contributed by atoms with E-state index in [1.54, 1.807) is 29.2 Å². The summed E-state index contributed by atoms with van der Waals surface area (Å²) in [6.07, 6.45) is 3.29. The van der Waals surface area contributed by atoms with E-state index < -0.39 is 5.60 Å². The normalized spacial score (nSPS) is 11.4. The van der Waals surface area contributed by atoms with Gasteiger partial charge in [-0.05, 0) is 45.0 Å². The molecule has 0 saturated carbocycles. The molecule has 0 fully saturated rings. The second-order valence-electron chi connectivity index (χ2n) is 5.52. The van der Waals surface area contributed by atoms with Gasteiger partial charge in [0.05, 0.1) is 12.0 Å². The van der Waals surface area contributed by atoms with Gasteiger partial charge in [-0.15, -0.1) is 0 Å². The van der Waals surface area contributed by atoms with E-state index in [0.29, 0.717) is 5.69 Å². The van der Waals surface area contributed by atoms with Gasteiger partial charge in [0.1, 0.15) is 18.0 Å². The van der Waals surface area contributed by atoms with Crippen LogP contribution in [0.4, 0.5) is 4.39 Å². The van der Waals surface area contributed by atoms with Crippen molar-refractivity contribution in [2.24, 2.45) is 0 Å². The molecule has 0 radical (unpaired) electrons. The lowest BCUT2D eigenvalue weighted by Crippen LogP contribution is -2.26. The van der Waals surface area contributed by atoms with Gasteiger partial charge in [0.2, 0.25) is 0 Å². The zero-order valence-corrected chi connectivity index (χ0v) is 11.8. The monoisotopic (exact) mass is 276 g/mol. The molecule has 0 amide bonds. The fourth-order valence-corrected chi connectivity index (χ4v) is 1.74. The number of ether oxygens (including phenoxy) is 1. The fourth-order valence-electron chi connectivity index (χ4n) is 1.74. The number of benzene rings is 1. The third-order valence-corrected chi connectivity index (χ3v) is 2.50. The minimum Gasteiger partial charge on any atom is -0.459 e. The molecule has 0 aliphatic carbocycles. The Morgan fingerprint density at radius 3 is 2.55 bits per heavy atom. The first-order chi connectivity index (χ1) is 9.33. The Bertz CT molecular complexity index is 597. The molecule has 4 nitrogen and oxygen atoms in total. The zero-order valence-electron chi connectivity index (χ0n) is 11.8. The number of aromatic nitrogens is 2. The average Bonchev–Trinajstić information content (AvgIpc) is 2.75. The molecule has 5 heteroatoms. The molecule has 0 saturated heterocycles. The van der Waals surface area contributed by atoms with Gasteiger partial charge < -0.3 is 9.30 Å². The Morgan fingerprint density at radius 2 is 1.95 bits per heavy atom. The first kappa shape index (κ1) is 14.2. The van der Waals surface area contributed by atoms with Crippen LogP contribution in [-0.4, -0.2) is 21.1 Å². The quantitative estimate of drug-likeness (QED) is 0.809. The number of halogens is 1. The summed E-state index contributed by atoms with van der Waals surface area (Å²) in [4.78, 5) is 15.9. The number of imidazole rings is 1. The van der Waals surface area contributed by atoms with Gasteiger partial charge in [-0.3, -0.25) is 4.79 Å². The molecule has 2 rings (SSSR count). The van der Waals surface area contributed by atoms with Crippen molar-refractivity contribution in [2.75, 3.05) is 0 Å². The van der Waals surface area contributed by atoms with Crippen molar-refractivity contribution in [3.05, 3.63) is 42.6 Å². The molecule has 1 heterocycles. The lowest BCUT2D eigenvalue weighted by atomic mass is 10.2. The molecule has 0 aliphatic rings. The molecule has 2 aromatic rings. The summed E-state index contributed by atoms with van der Waals surface area (Å²) in [5.41, 5.74) is 0.986. The van der Waals surface area contributed by atoms with Crippen molar-refractivity contribution in [3.8, 4) is 11.3 Å². The molecular formula is C15H17FN2O2. The van der Waals surface area contributed by atoms with Crippen molar-refractivity contribution < 1.29 is 13.9 Å². The van der Waals surface area contributed by atoms with E-state index in [0.717, 1.165) is 5.56 Å². The third-order valence-electron chi connectivity index (χ3n) is 2.50. The highest BCUT2D eigenvalue weighted by molar-refractivity contribution is 5.70. The number of carbonyl (C=O) groups excluding carboxylic acids is 1. The molecule has 0 atom stereocenters. The van der Waals surface area contributed by atoms with Crippen molar-refractivity contribution in [1.82, 2.24) is 9.55 Å². The minimum atomic E-state index is -0.503. The van der Waals surface area contributed by atoms with Gasteiger partial charge in [-0.2, -0.15) is 0 Å². The molecule has 0 unspecified atom stereocenters. The predicted octanol–water partition coefficient (Wildman–Crippen LogP) is 3.03. The first-order valence-electron chi connectivity index (χ1n) is 6.33. The largest absolute Gasteiger partial charge is 0.459 e. The summed E-state index contributed by atoms with van der Waals surface area (Å²) >= 11 is 0. The third kappa shape index (κ3) is 3.91. The van der Waals surface area contributed by atoms with Gasteiger partial charge in [0, 0.05) is 11.8 Å². The van der Waals surface area contributed by atoms with Crippen molar-refractivity contribution >= 4 is 5.97 Å². The SMILES string of the molecule is CC(C)(C)OC(=O)Cn1cnc(-c2ccc(F)cc2)c1. The number of hydrogen-bond acceptors (Lipinski definition) is 3. The molecule has 1 aromatic carbocycles. The average molecular weight is 276 g/mol. The van der Waals surface area contributed by atoms with E-state index in [-0.39, 0.29) is 18.3 Å². The van der Waals surface area contributed by atoms with E-state index in [2.05, 4.69) is 4.98 Å². The smallest absolute Gasteiger partial charge is 0.326 e. The highest BCUT2D eigenvalue weighted by atomic mass is 19.1. The van der Waals surface area contributed by atoms with Crippen molar-refractivity contribution in [3.63, 3.8) is 0 Å². The Hall–Kier alpha value is -2.17. The first-order valence-corrected chi connectivity index (χ1v) is 6.33. The van der Waals surface area contributed by atoms with Gasteiger partial charge >= 0.3 is 5.97 Å². The number of rotatable bonds is 3. The number of esters is 1. The second-order valence-corrected chi connectivity index (χ2v) is 5.52. The van der Waals surface area contributed by atoms with Crippen molar-refractivity contribution in [1.29, 1.82) is 0 Å². The maximum Gasteiger partial charge on any atom is 0.326 e. The molecule has 1 aromatic heterocycles. The van der Waals surface area contributed by atoms with Gasteiger partial charge in [0.15, 0.2) is 0 Å². The minimum absolute atomic E-state index is 0.103. The van der Waals surface area contributed by atoms with Crippen LogP contribution in [0.5, 0.6) is 0 Å². The van der Waals surface area contributed by atoms with Crippen LogP contribution in [0.3, 0.4) is 0 Å². The Morgan fingerprint density at radius 1 is 1.30 bits per heavy atom. The molecule has 0 bridgehead atoms. The standard InChI is InChI=1S/C15H17FN2O2/c1-15(2,3)20-14(19)9-18-8-13(17-10-18)11-4-6-12(16)7-5-11/h4-8,10H,9H2,1-3H3. The van der Waals surface area contributed by atoms with Crippen molar-refractivity contribution in [2.45, 2.75) is 32.9 Å². The molecule has 20 heavy (non-hydrogen) atoms. The van der Waals surface area contributed by atoms with Crippen LogP contribution in [0, 0.1) is 5.82 Å². The van der Waals surface area contributed by atoms with Crippen LogP contribution in [0.1, 0.15) is 20.8 Å². The summed E-state index contributed by atoms with van der Waals surface area (Å²) in [7, 11) is 0. The fraction of sp³-hybridized carbons (Fsp3) is 0.333. The lowest BCUT2D eigenvalue weighted by molar-refractivity contribution is -0.155. The predicted molar refractivity (Wildman–Crippen MR) is 73.5 cm³/mol. The van der Waals surface area contributed by atoms with E-state index >= 15 is 0 Å². The van der Waals surface area contributed by atoms with Gasteiger partial charge in [0.25, 0.3) is 0 Å². The van der Waals surface area contributed by atoms with E-state index in [1.807, 2.05) is 20.8 Å². The molecule has 106 valence electrons. The maximum absolute atomic E-state index is 12.9. The molecule has 0 aliphatic heterocycles. The van der Waals surface area contributed by atoms with Gasteiger partial charge in [-0.1, -0.05) is 0 Å². The van der Waals surface area contributed by atoms with Crippen LogP contribution in [0.15, 0.2) is 36.8 Å². The summed E-state index contributed by atoms with van der Waals surface area (Å²) < 4.78 is 19.7.